The van der Waals surface area contributed by atoms with Crippen LogP contribution in [0.1, 0.15) is 42.4 Å². The number of aryl methyl sites for hydroxylation is 1. The Kier molecular flexibility index (Phi) is 7.37. The lowest BCUT2D eigenvalue weighted by molar-refractivity contribution is -0.128. The minimum absolute atomic E-state index is 0.00399. The number of piperidine rings is 1. The van der Waals surface area contributed by atoms with E-state index in [0.29, 0.717) is 26.3 Å². The lowest BCUT2D eigenvalue weighted by Crippen LogP contribution is -2.51. The molecule has 1 aromatic heterocycles. The van der Waals surface area contributed by atoms with Gasteiger partial charge in [0.2, 0.25) is 5.91 Å². The van der Waals surface area contributed by atoms with Crippen LogP contribution in [0.2, 0.25) is 0 Å². The maximum absolute atomic E-state index is 13.2. The van der Waals surface area contributed by atoms with E-state index in [1.165, 1.54) is 12.1 Å². The van der Waals surface area contributed by atoms with Gasteiger partial charge in [-0.25, -0.2) is 4.39 Å². The molecule has 1 aromatic carbocycles. The number of likely N-dealkylation sites (tertiary alicyclic amines) is 1. The van der Waals surface area contributed by atoms with Gasteiger partial charge in [-0.15, -0.1) is 0 Å². The molecule has 0 unspecified atom stereocenters. The van der Waals surface area contributed by atoms with Crippen LogP contribution in [0, 0.1) is 12.7 Å². The number of benzene rings is 1. The molecule has 2 aromatic rings. The second-order valence-corrected chi connectivity index (χ2v) is 8.47. The summed E-state index contributed by atoms with van der Waals surface area (Å²) in [7, 11) is 0. The van der Waals surface area contributed by atoms with Gasteiger partial charge in [0.1, 0.15) is 17.3 Å². The zero-order valence-electron chi connectivity index (χ0n) is 18.2. The van der Waals surface area contributed by atoms with Crippen molar-refractivity contribution in [2.45, 2.75) is 44.8 Å². The second kappa shape index (κ2) is 10.4. The first kappa shape index (κ1) is 22.0. The van der Waals surface area contributed by atoms with Crippen molar-refractivity contribution < 1.29 is 18.3 Å². The molecule has 2 saturated heterocycles. The van der Waals surface area contributed by atoms with Crippen LogP contribution in [-0.4, -0.2) is 61.1 Å². The van der Waals surface area contributed by atoms with Crippen LogP contribution in [0.3, 0.4) is 0 Å². The van der Waals surface area contributed by atoms with Gasteiger partial charge in [0.05, 0.1) is 25.3 Å². The fraction of sp³-hybridized carbons (Fsp3) is 0.542. The molecule has 0 spiro atoms. The van der Waals surface area contributed by atoms with Crippen LogP contribution in [0.5, 0.6) is 0 Å². The lowest BCUT2D eigenvalue weighted by atomic mass is 10.00. The highest BCUT2D eigenvalue weighted by molar-refractivity contribution is 5.81. The lowest BCUT2D eigenvalue weighted by Gasteiger charge is -2.36. The monoisotopic (exact) mass is 429 g/mol. The summed E-state index contributed by atoms with van der Waals surface area (Å²) >= 11 is 0. The van der Waals surface area contributed by atoms with E-state index < -0.39 is 0 Å². The average Bonchev–Trinajstić information content (AvgIpc) is 3.22. The van der Waals surface area contributed by atoms with Crippen LogP contribution in [0.15, 0.2) is 40.8 Å². The van der Waals surface area contributed by atoms with Crippen molar-refractivity contribution in [2.24, 2.45) is 0 Å². The first-order chi connectivity index (χ1) is 15.1. The van der Waals surface area contributed by atoms with Crippen LogP contribution in [-0.2, 0) is 16.1 Å². The van der Waals surface area contributed by atoms with Crippen molar-refractivity contribution >= 4 is 5.91 Å². The Labute approximate surface area is 183 Å². The number of amides is 1. The Balaban J connectivity index is 1.41. The van der Waals surface area contributed by atoms with Crippen LogP contribution >= 0.6 is 0 Å². The minimum Gasteiger partial charge on any atom is -0.465 e. The summed E-state index contributed by atoms with van der Waals surface area (Å²) in [6, 6.07) is 10.4. The number of nitrogens with zero attached hydrogens (tertiary/aromatic N) is 2. The van der Waals surface area contributed by atoms with Gasteiger partial charge in [-0.05, 0) is 56.1 Å². The van der Waals surface area contributed by atoms with E-state index in [4.69, 9.17) is 9.15 Å². The molecule has 4 rings (SSSR count). The van der Waals surface area contributed by atoms with E-state index in [9.17, 15) is 9.18 Å². The van der Waals surface area contributed by atoms with Gasteiger partial charge < -0.3 is 14.5 Å². The maximum atomic E-state index is 13.2. The zero-order valence-corrected chi connectivity index (χ0v) is 18.2. The summed E-state index contributed by atoms with van der Waals surface area (Å²) in [5, 5.41) is 3.20. The predicted octanol–water partition coefficient (Wildman–Crippen LogP) is 3.27. The van der Waals surface area contributed by atoms with Gasteiger partial charge in [0, 0.05) is 26.2 Å². The van der Waals surface area contributed by atoms with Gasteiger partial charge in [-0.1, -0.05) is 18.6 Å². The van der Waals surface area contributed by atoms with Crippen molar-refractivity contribution in [3.8, 4) is 0 Å². The summed E-state index contributed by atoms with van der Waals surface area (Å²) in [4.78, 5) is 17.7. The molecule has 2 aliphatic rings. The highest BCUT2D eigenvalue weighted by atomic mass is 19.1. The largest absolute Gasteiger partial charge is 0.465 e. The number of hydrogen-bond donors (Lipinski definition) is 1. The molecule has 0 radical (unpaired) electrons. The second-order valence-electron chi connectivity index (χ2n) is 8.47. The van der Waals surface area contributed by atoms with Crippen molar-refractivity contribution in [3.63, 3.8) is 0 Å². The van der Waals surface area contributed by atoms with Crippen LogP contribution in [0.25, 0.3) is 0 Å². The zero-order chi connectivity index (χ0) is 21.6. The average molecular weight is 430 g/mol. The molecule has 1 N–H and O–H groups in total. The molecule has 0 aliphatic carbocycles. The highest BCUT2D eigenvalue weighted by Gasteiger charge is 2.31. The summed E-state index contributed by atoms with van der Waals surface area (Å²) in [6.07, 6.45) is 2.96. The molecule has 6 nitrogen and oxygen atoms in total. The topological polar surface area (TPSA) is 58.0 Å². The first-order valence-electron chi connectivity index (χ1n) is 11.2. The fourth-order valence-electron chi connectivity index (χ4n) is 4.55. The molecule has 1 amide bonds. The highest BCUT2D eigenvalue weighted by Crippen LogP contribution is 2.24. The van der Waals surface area contributed by atoms with E-state index in [-0.39, 0.29) is 23.8 Å². The third kappa shape index (κ3) is 5.73. The number of rotatable bonds is 7. The molecule has 0 saturated carbocycles. The summed E-state index contributed by atoms with van der Waals surface area (Å²) in [5.41, 5.74) is 1.03. The Hall–Kier alpha value is -2.22. The molecular formula is C24H32FN3O3. The number of morpholine rings is 1. The minimum atomic E-state index is -0.237. The van der Waals surface area contributed by atoms with Crippen LogP contribution in [0.4, 0.5) is 4.39 Å². The number of furan rings is 1. The number of hydrogen-bond acceptors (Lipinski definition) is 5. The van der Waals surface area contributed by atoms with Crippen molar-refractivity contribution in [1.82, 2.24) is 15.1 Å². The van der Waals surface area contributed by atoms with Crippen molar-refractivity contribution in [1.29, 1.82) is 0 Å². The Morgan fingerprint density at radius 1 is 1.13 bits per heavy atom. The predicted molar refractivity (Wildman–Crippen MR) is 116 cm³/mol. The van der Waals surface area contributed by atoms with E-state index in [2.05, 4.69) is 15.1 Å². The van der Waals surface area contributed by atoms with Gasteiger partial charge in [0.15, 0.2) is 0 Å². The molecule has 0 bridgehead atoms. The van der Waals surface area contributed by atoms with E-state index in [1.54, 1.807) is 12.1 Å². The Morgan fingerprint density at radius 3 is 2.61 bits per heavy atom. The van der Waals surface area contributed by atoms with E-state index in [0.717, 1.165) is 56.0 Å². The smallest absolute Gasteiger partial charge is 0.237 e. The molecule has 3 heterocycles. The van der Waals surface area contributed by atoms with Crippen molar-refractivity contribution in [3.05, 3.63) is 59.3 Å². The fourth-order valence-corrected chi connectivity index (χ4v) is 4.55. The van der Waals surface area contributed by atoms with Gasteiger partial charge in [-0.3, -0.25) is 14.6 Å². The molecule has 7 heteroatoms. The van der Waals surface area contributed by atoms with E-state index >= 15 is 0 Å². The summed E-state index contributed by atoms with van der Waals surface area (Å²) < 4.78 is 24.7. The van der Waals surface area contributed by atoms with Gasteiger partial charge in [0.25, 0.3) is 0 Å². The SMILES string of the molecule is Cc1ccc([C@@H](CNC(=O)[C@@H]2CCCCN2Cc2ccc(F)cc2)N2CCOCC2)o1. The third-order valence-corrected chi connectivity index (χ3v) is 6.26. The number of nitrogens with one attached hydrogen (secondary N) is 1. The number of carbonyl (C=O) groups excluding carboxylic acids is 1. The standard InChI is InChI=1S/C24H32FN3O3/c1-18-5-10-23(31-18)22(27-12-14-30-15-13-27)16-26-24(29)21-4-2-3-11-28(21)17-19-6-8-20(25)9-7-19/h5-10,21-22H,2-4,11-17H2,1H3,(H,26,29)/t21-,22+/m0/s1. The van der Waals surface area contributed by atoms with E-state index in [1.807, 2.05) is 19.1 Å². The number of halogens is 1. The molecule has 31 heavy (non-hydrogen) atoms. The maximum Gasteiger partial charge on any atom is 0.237 e. The molecular weight excluding hydrogens is 397 g/mol. The molecule has 168 valence electrons. The Bertz CT molecular complexity index is 848. The number of carbonyl (C=O) groups is 1. The van der Waals surface area contributed by atoms with Crippen LogP contribution < -0.4 is 5.32 Å². The molecule has 2 atom stereocenters. The van der Waals surface area contributed by atoms with Gasteiger partial charge in [-0.2, -0.15) is 0 Å². The van der Waals surface area contributed by atoms with Crippen molar-refractivity contribution in [2.75, 3.05) is 39.4 Å². The number of ether oxygens (including phenoxy) is 1. The normalized spacial score (nSPS) is 21.7. The Morgan fingerprint density at radius 2 is 1.90 bits per heavy atom. The molecule has 2 fully saturated rings. The third-order valence-electron chi connectivity index (χ3n) is 6.26. The molecule has 2 aliphatic heterocycles. The summed E-state index contributed by atoms with van der Waals surface area (Å²) in [5.74, 6) is 1.58. The first-order valence-corrected chi connectivity index (χ1v) is 11.2. The van der Waals surface area contributed by atoms with Gasteiger partial charge >= 0.3 is 0 Å². The summed E-state index contributed by atoms with van der Waals surface area (Å²) in [6.45, 7) is 7.00. The quantitative estimate of drug-likeness (QED) is 0.732.